The van der Waals surface area contributed by atoms with Crippen molar-refractivity contribution >= 4 is 23.2 Å². The Labute approximate surface area is 119 Å². The quantitative estimate of drug-likeness (QED) is 0.836. The third kappa shape index (κ3) is 3.86. The summed E-state index contributed by atoms with van der Waals surface area (Å²) >= 11 is 12.1. The summed E-state index contributed by atoms with van der Waals surface area (Å²) in [6, 6.07) is 5.32. The van der Waals surface area contributed by atoms with Gasteiger partial charge in [0.2, 0.25) is 0 Å². The van der Waals surface area contributed by atoms with E-state index in [1.807, 2.05) is 13.0 Å². The first-order valence-electron chi connectivity index (χ1n) is 6.34. The van der Waals surface area contributed by atoms with Crippen LogP contribution in [0.5, 0.6) is 0 Å². The van der Waals surface area contributed by atoms with Gasteiger partial charge in [-0.25, -0.2) is 0 Å². The predicted octanol–water partition coefficient (Wildman–Crippen LogP) is 3.83. The van der Waals surface area contributed by atoms with E-state index in [9.17, 15) is 5.11 Å². The normalized spacial score (nSPS) is 16.3. The van der Waals surface area contributed by atoms with Crippen LogP contribution in [0.1, 0.15) is 38.2 Å². The molecule has 0 heterocycles. The third-order valence-electron chi connectivity index (χ3n) is 3.36. The molecule has 0 saturated heterocycles. The Bertz CT molecular complexity index is 384. The Balaban J connectivity index is 2.94. The fourth-order valence-corrected chi connectivity index (χ4v) is 2.82. The van der Waals surface area contributed by atoms with Crippen LogP contribution in [0.4, 0.5) is 0 Å². The summed E-state index contributed by atoms with van der Waals surface area (Å²) in [4.78, 5) is 0. The molecule has 3 atom stereocenters. The fraction of sp³-hybridized carbons (Fsp3) is 0.571. The fourth-order valence-electron chi connectivity index (χ4n) is 2.28. The minimum absolute atomic E-state index is 0.142. The van der Waals surface area contributed by atoms with E-state index in [0.29, 0.717) is 16.6 Å². The third-order valence-corrected chi connectivity index (χ3v) is 3.92. The lowest BCUT2D eigenvalue weighted by molar-refractivity contribution is 0.0859. The monoisotopic (exact) mass is 289 g/mol. The van der Waals surface area contributed by atoms with Crippen molar-refractivity contribution in [2.75, 3.05) is 6.54 Å². The van der Waals surface area contributed by atoms with E-state index in [2.05, 4.69) is 6.92 Å². The van der Waals surface area contributed by atoms with Crippen LogP contribution in [0.25, 0.3) is 0 Å². The van der Waals surface area contributed by atoms with Crippen molar-refractivity contribution in [1.29, 1.82) is 0 Å². The van der Waals surface area contributed by atoms with Crippen LogP contribution in [-0.2, 0) is 0 Å². The molecular weight excluding hydrogens is 269 g/mol. The van der Waals surface area contributed by atoms with Crippen molar-refractivity contribution in [3.05, 3.63) is 33.8 Å². The number of aliphatic hydroxyl groups excluding tert-OH is 1. The van der Waals surface area contributed by atoms with Crippen LogP contribution in [0.15, 0.2) is 18.2 Å². The Morgan fingerprint density at radius 1 is 1.33 bits per heavy atom. The van der Waals surface area contributed by atoms with Gasteiger partial charge in [0.15, 0.2) is 0 Å². The minimum atomic E-state index is -0.478. The van der Waals surface area contributed by atoms with Gasteiger partial charge in [-0.1, -0.05) is 49.5 Å². The molecule has 0 aliphatic rings. The Hall–Kier alpha value is -0.280. The molecule has 18 heavy (non-hydrogen) atoms. The van der Waals surface area contributed by atoms with Gasteiger partial charge < -0.3 is 10.8 Å². The maximum Gasteiger partial charge on any atom is 0.0646 e. The van der Waals surface area contributed by atoms with Crippen LogP contribution in [0.3, 0.4) is 0 Å². The maximum absolute atomic E-state index is 10.4. The Morgan fingerprint density at radius 3 is 2.50 bits per heavy atom. The average Bonchev–Trinajstić information content (AvgIpc) is 2.32. The molecule has 0 saturated carbocycles. The molecule has 0 bridgehead atoms. The molecule has 0 spiro atoms. The first-order valence-corrected chi connectivity index (χ1v) is 7.09. The standard InChI is InChI=1S/C14H21Cl2NO/c1-3-4-9(2)14(18)12(8-17)11-6-5-10(15)7-13(11)16/h5-7,9,12,14,18H,3-4,8,17H2,1-2H3. The van der Waals surface area contributed by atoms with Gasteiger partial charge in [0.05, 0.1) is 6.10 Å². The number of rotatable bonds is 6. The highest BCUT2D eigenvalue weighted by Gasteiger charge is 2.26. The van der Waals surface area contributed by atoms with Crippen LogP contribution in [0, 0.1) is 5.92 Å². The molecule has 0 aromatic heterocycles. The minimum Gasteiger partial charge on any atom is -0.392 e. The van der Waals surface area contributed by atoms with Crippen molar-refractivity contribution in [2.45, 2.75) is 38.7 Å². The zero-order valence-corrected chi connectivity index (χ0v) is 12.4. The first kappa shape index (κ1) is 15.8. The topological polar surface area (TPSA) is 46.2 Å². The molecule has 0 aliphatic heterocycles. The average molecular weight is 290 g/mol. The number of benzene rings is 1. The van der Waals surface area contributed by atoms with E-state index in [1.165, 1.54) is 0 Å². The molecule has 102 valence electrons. The van der Waals surface area contributed by atoms with Crippen LogP contribution in [0.2, 0.25) is 10.0 Å². The maximum atomic E-state index is 10.4. The molecule has 3 N–H and O–H groups in total. The highest BCUT2D eigenvalue weighted by atomic mass is 35.5. The lowest BCUT2D eigenvalue weighted by atomic mass is 9.84. The first-order chi connectivity index (χ1) is 8.51. The van der Waals surface area contributed by atoms with Crippen molar-refractivity contribution in [3.63, 3.8) is 0 Å². The van der Waals surface area contributed by atoms with Gasteiger partial charge in [0, 0.05) is 22.5 Å². The number of hydrogen-bond acceptors (Lipinski definition) is 2. The van der Waals surface area contributed by atoms with Crippen molar-refractivity contribution in [3.8, 4) is 0 Å². The number of aliphatic hydroxyl groups is 1. The van der Waals surface area contributed by atoms with Crippen molar-refractivity contribution < 1.29 is 5.11 Å². The van der Waals surface area contributed by atoms with Crippen LogP contribution in [-0.4, -0.2) is 17.8 Å². The summed E-state index contributed by atoms with van der Waals surface area (Å²) in [5, 5.41) is 11.5. The van der Waals surface area contributed by atoms with Gasteiger partial charge in [-0.05, 0) is 30.0 Å². The SMILES string of the molecule is CCCC(C)C(O)C(CN)c1ccc(Cl)cc1Cl. The molecule has 1 rings (SSSR count). The Morgan fingerprint density at radius 2 is 2.00 bits per heavy atom. The largest absolute Gasteiger partial charge is 0.392 e. The number of hydrogen-bond donors (Lipinski definition) is 2. The molecule has 1 aromatic rings. The molecule has 1 aromatic carbocycles. The van der Waals surface area contributed by atoms with E-state index in [0.717, 1.165) is 18.4 Å². The smallest absolute Gasteiger partial charge is 0.0646 e. The molecular formula is C14H21Cl2NO. The second-order valence-corrected chi connectivity index (χ2v) is 5.61. The molecule has 0 radical (unpaired) electrons. The van der Waals surface area contributed by atoms with Crippen molar-refractivity contribution in [2.24, 2.45) is 11.7 Å². The predicted molar refractivity (Wildman–Crippen MR) is 78.3 cm³/mol. The van der Waals surface area contributed by atoms with Gasteiger partial charge >= 0.3 is 0 Å². The van der Waals surface area contributed by atoms with Gasteiger partial charge in [0.1, 0.15) is 0 Å². The van der Waals surface area contributed by atoms with Crippen molar-refractivity contribution in [1.82, 2.24) is 0 Å². The van der Waals surface area contributed by atoms with E-state index in [1.54, 1.807) is 12.1 Å². The second kappa shape index (κ2) is 7.34. The second-order valence-electron chi connectivity index (χ2n) is 4.76. The summed E-state index contributed by atoms with van der Waals surface area (Å²) in [6.07, 6.45) is 1.54. The zero-order chi connectivity index (χ0) is 13.7. The zero-order valence-electron chi connectivity index (χ0n) is 10.9. The number of halogens is 2. The summed E-state index contributed by atoms with van der Waals surface area (Å²) < 4.78 is 0. The molecule has 0 amide bonds. The molecule has 0 aliphatic carbocycles. The Kier molecular flexibility index (Phi) is 6.44. The summed E-state index contributed by atoms with van der Waals surface area (Å²) in [7, 11) is 0. The summed E-state index contributed by atoms with van der Waals surface area (Å²) in [6.45, 7) is 4.52. The van der Waals surface area contributed by atoms with E-state index >= 15 is 0 Å². The highest BCUT2D eigenvalue weighted by Crippen LogP contribution is 2.32. The van der Waals surface area contributed by atoms with Crippen LogP contribution < -0.4 is 5.73 Å². The van der Waals surface area contributed by atoms with E-state index in [4.69, 9.17) is 28.9 Å². The molecule has 4 heteroatoms. The summed E-state index contributed by atoms with van der Waals surface area (Å²) in [5.74, 6) is 0.0617. The molecule has 2 nitrogen and oxygen atoms in total. The van der Waals surface area contributed by atoms with Gasteiger partial charge in [0.25, 0.3) is 0 Å². The van der Waals surface area contributed by atoms with Gasteiger partial charge in [-0.3, -0.25) is 0 Å². The lowest BCUT2D eigenvalue weighted by Gasteiger charge is -2.27. The van der Waals surface area contributed by atoms with Gasteiger partial charge in [-0.2, -0.15) is 0 Å². The lowest BCUT2D eigenvalue weighted by Crippen LogP contribution is -2.31. The van der Waals surface area contributed by atoms with Gasteiger partial charge in [-0.15, -0.1) is 0 Å². The van der Waals surface area contributed by atoms with E-state index < -0.39 is 6.10 Å². The highest BCUT2D eigenvalue weighted by molar-refractivity contribution is 6.35. The molecule has 3 unspecified atom stereocenters. The van der Waals surface area contributed by atoms with Crippen LogP contribution >= 0.6 is 23.2 Å². The molecule has 0 fully saturated rings. The van der Waals surface area contributed by atoms with E-state index in [-0.39, 0.29) is 11.8 Å². The number of nitrogens with two attached hydrogens (primary N) is 1. The summed E-state index contributed by atoms with van der Waals surface area (Å²) in [5.41, 5.74) is 6.67.